The molecule has 0 radical (unpaired) electrons. The third kappa shape index (κ3) is 3.23. The fraction of sp³-hybridized carbons (Fsp3) is 0.417. The van der Waals surface area contributed by atoms with Gasteiger partial charge >= 0.3 is 0 Å². The van der Waals surface area contributed by atoms with Crippen LogP contribution in [0.25, 0.3) is 0 Å². The summed E-state index contributed by atoms with van der Waals surface area (Å²) in [6.07, 6.45) is 0. The van der Waals surface area contributed by atoms with E-state index in [0.29, 0.717) is 22.3 Å². The minimum Gasteiger partial charge on any atom is -0.398 e. The maximum absolute atomic E-state index is 11.2. The summed E-state index contributed by atoms with van der Waals surface area (Å²) >= 11 is 8.86. The highest BCUT2D eigenvalue weighted by Gasteiger charge is 2.15. The number of anilines is 1. The predicted octanol–water partition coefficient (Wildman–Crippen LogP) is 2.24. The highest BCUT2D eigenvalue weighted by molar-refractivity contribution is 9.10. The van der Waals surface area contributed by atoms with Gasteiger partial charge < -0.3 is 10.5 Å². The summed E-state index contributed by atoms with van der Waals surface area (Å²) < 4.78 is 6.00. The van der Waals surface area contributed by atoms with Crippen LogP contribution >= 0.6 is 27.5 Å². The van der Waals surface area contributed by atoms with Crippen molar-refractivity contribution in [2.45, 2.75) is 6.54 Å². The van der Waals surface area contributed by atoms with Crippen molar-refractivity contribution >= 4 is 38.5 Å². The van der Waals surface area contributed by atoms with Crippen LogP contribution in [-0.4, -0.2) is 36.4 Å². The molecule has 4 nitrogen and oxygen atoms in total. The molecule has 1 heterocycles. The lowest BCUT2D eigenvalue weighted by atomic mass is 10.1. The van der Waals surface area contributed by atoms with E-state index in [-0.39, 0.29) is 0 Å². The van der Waals surface area contributed by atoms with Gasteiger partial charge in [0.2, 0.25) is 0 Å². The molecule has 2 N–H and O–H groups in total. The first-order chi connectivity index (χ1) is 8.58. The zero-order valence-corrected chi connectivity index (χ0v) is 12.1. The smallest absolute Gasteiger partial charge is 0.252 e. The number of halogens is 2. The molecular weight excluding hydrogens is 320 g/mol. The molecule has 0 bridgehead atoms. The summed E-state index contributed by atoms with van der Waals surface area (Å²) in [4.78, 5) is 13.5. The van der Waals surface area contributed by atoms with Crippen molar-refractivity contribution in [3.05, 3.63) is 27.7 Å². The lowest BCUT2D eigenvalue weighted by Gasteiger charge is -2.27. The van der Waals surface area contributed by atoms with Gasteiger partial charge in [0.15, 0.2) is 0 Å². The Kier molecular flexibility index (Phi) is 4.61. The molecule has 0 amide bonds. The van der Waals surface area contributed by atoms with Crippen LogP contribution in [0, 0.1) is 0 Å². The summed E-state index contributed by atoms with van der Waals surface area (Å²) in [5.74, 6) is 0. The molecule has 0 spiro atoms. The van der Waals surface area contributed by atoms with Gasteiger partial charge in [-0.2, -0.15) is 0 Å². The standard InChI is InChI=1S/C12H14BrClN2O2/c13-10-6-8(12(14)17)5-9(11(10)15)7-16-1-3-18-4-2-16/h5-6H,1-4,7,15H2. The number of ether oxygens (including phenoxy) is 1. The Hall–Kier alpha value is -0.620. The van der Waals surface area contributed by atoms with E-state index >= 15 is 0 Å². The van der Waals surface area contributed by atoms with Gasteiger partial charge in [0.25, 0.3) is 5.24 Å². The van der Waals surface area contributed by atoms with E-state index in [1.54, 1.807) is 12.1 Å². The Morgan fingerprint density at radius 1 is 1.44 bits per heavy atom. The third-order valence-electron chi connectivity index (χ3n) is 2.94. The zero-order chi connectivity index (χ0) is 13.1. The van der Waals surface area contributed by atoms with Gasteiger partial charge in [-0.15, -0.1) is 0 Å². The number of hydrogen-bond acceptors (Lipinski definition) is 4. The lowest BCUT2D eigenvalue weighted by Crippen LogP contribution is -2.35. The summed E-state index contributed by atoms with van der Waals surface area (Å²) in [6, 6.07) is 3.40. The van der Waals surface area contributed by atoms with Crippen LogP contribution in [0.3, 0.4) is 0 Å². The number of carbonyl (C=O) groups is 1. The fourth-order valence-corrected chi connectivity index (χ4v) is 2.53. The average molecular weight is 334 g/mol. The lowest BCUT2D eigenvalue weighted by molar-refractivity contribution is 0.0342. The normalized spacial score (nSPS) is 16.8. The van der Waals surface area contributed by atoms with E-state index in [9.17, 15) is 4.79 Å². The molecule has 6 heteroatoms. The topological polar surface area (TPSA) is 55.6 Å². The van der Waals surface area contributed by atoms with Crippen LogP contribution in [-0.2, 0) is 11.3 Å². The molecular formula is C12H14BrClN2O2. The van der Waals surface area contributed by atoms with Gasteiger partial charge in [0, 0.05) is 29.7 Å². The first kappa shape index (κ1) is 13.8. The highest BCUT2D eigenvalue weighted by atomic mass is 79.9. The van der Waals surface area contributed by atoms with Crippen LogP contribution < -0.4 is 5.73 Å². The molecule has 1 aliphatic heterocycles. The van der Waals surface area contributed by atoms with Crippen molar-refractivity contribution < 1.29 is 9.53 Å². The Balaban J connectivity index is 2.22. The summed E-state index contributed by atoms with van der Waals surface area (Å²) in [5.41, 5.74) is 8.04. The summed E-state index contributed by atoms with van der Waals surface area (Å²) in [6.45, 7) is 3.91. The fourth-order valence-electron chi connectivity index (χ4n) is 1.92. The number of carbonyl (C=O) groups excluding carboxylic acids is 1. The second kappa shape index (κ2) is 6.02. The minimum absolute atomic E-state index is 0.459. The van der Waals surface area contributed by atoms with Crippen LogP contribution in [0.2, 0.25) is 0 Å². The van der Waals surface area contributed by atoms with Crippen molar-refractivity contribution in [3.8, 4) is 0 Å². The Labute approximate surface area is 119 Å². The maximum Gasteiger partial charge on any atom is 0.252 e. The number of nitrogens with two attached hydrogens (primary N) is 1. The van der Waals surface area contributed by atoms with Gasteiger partial charge in [-0.05, 0) is 45.2 Å². The summed E-state index contributed by atoms with van der Waals surface area (Å²) in [7, 11) is 0. The molecule has 0 atom stereocenters. The van der Waals surface area contributed by atoms with Crippen LogP contribution in [0.4, 0.5) is 5.69 Å². The number of nitrogens with zero attached hydrogens (tertiary/aromatic N) is 1. The highest BCUT2D eigenvalue weighted by Crippen LogP contribution is 2.27. The van der Waals surface area contributed by atoms with Gasteiger partial charge in [0.05, 0.1) is 18.9 Å². The number of morpholine rings is 1. The van der Waals surface area contributed by atoms with E-state index in [4.69, 9.17) is 22.1 Å². The van der Waals surface area contributed by atoms with Gasteiger partial charge in [0.1, 0.15) is 0 Å². The molecule has 1 saturated heterocycles. The van der Waals surface area contributed by atoms with E-state index in [1.165, 1.54) is 0 Å². The second-order valence-electron chi connectivity index (χ2n) is 4.19. The van der Waals surface area contributed by atoms with Crippen LogP contribution in [0.5, 0.6) is 0 Å². The van der Waals surface area contributed by atoms with Gasteiger partial charge in [-0.1, -0.05) is 0 Å². The number of rotatable bonds is 3. The quantitative estimate of drug-likeness (QED) is 0.681. The second-order valence-corrected chi connectivity index (χ2v) is 5.39. The summed E-state index contributed by atoms with van der Waals surface area (Å²) in [5, 5.41) is -0.473. The number of nitrogen functional groups attached to an aromatic ring is 1. The van der Waals surface area contributed by atoms with Crippen molar-refractivity contribution in [1.29, 1.82) is 0 Å². The van der Waals surface area contributed by atoms with Crippen molar-refractivity contribution in [1.82, 2.24) is 4.90 Å². The molecule has 0 saturated carbocycles. The zero-order valence-electron chi connectivity index (χ0n) is 9.79. The molecule has 18 heavy (non-hydrogen) atoms. The van der Waals surface area contributed by atoms with Crippen molar-refractivity contribution in [2.24, 2.45) is 0 Å². The van der Waals surface area contributed by atoms with Crippen LogP contribution in [0.15, 0.2) is 16.6 Å². The van der Waals surface area contributed by atoms with E-state index in [1.807, 2.05) is 0 Å². The Morgan fingerprint density at radius 3 is 2.72 bits per heavy atom. The molecule has 2 rings (SSSR count). The Bertz CT molecular complexity index is 462. The minimum atomic E-state index is -0.473. The first-order valence-electron chi connectivity index (χ1n) is 5.66. The predicted molar refractivity (Wildman–Crippen MR) is 74.8 cm³/mol. The molecule has 1 aromatic carbocycles. The molecule has 1 aromatic rings. The van der Waals surface area contributed by atoms with E-state index < -0.39 is 5.24 Å². The molecule has 98 valence electrons. The third-order valence-corrected chi connectivity index (χ3v) is 3.81. The van der Waals surface area contributed by atoms with E-state index in [2.05, 4.69) is 20.8 Å². The van der Waals surface area contributed by atoms with Gasteiger partial charge in [-0.3, -0.25) is 9.69 Å². The first-order valence-corrected chi connectivity index (χ1v) is 6.83. The van der Waals surface area contributed by atoms with Gasteiger partial charge in [-0.25, -0.2) is 0 Å². The molecule has 1 fully saturated rings. The monoisotopic (exact) mass is 332 g/mol. The largest absolute Gasteiger partial charge is 0.398 e. The molecule has 0 aliphatic carbocycles. The van der Waals surface area contributed by atoms with E-state index in [0.717, 1.165) is 31.9 Å². The van der Waals surface area contributed by atoms with Crippen molar-refractivity contribution in [2.75, 3.05) is 32.0 Å². The number of benzene rings is 1. The van der Waals surface area contributed by atoms with Crippen LogP contribution in [0.1, 0.15) is 15.9 Å². The SMILES string of the molecule is Nc1c(Br)cc(C(=O)Cl)cc1CN1CCOCC1. The maximum atomic E-state index is 11.2. The van der Waals surface area contributed by atoms with Crippen molar-refractivity contribution in [3.63, 3.8) is 0 Å². The molecule has 0 aromatic heterocycles. The average Bonchev–Trinajstić information content (AvgIpc) is 2.35. The molecule has 0 unspecified atom stereocenters. The Morgan fingerprint density at radius 2 is 2.11 bits per heavy atom. The number of hydrogen-bond donors (Lipinski definition) is 1. The molecule has 1 aliphatic rings.